The first-order chi connectivity index (χ1) is 11.2. The monoisotopic (exact) mass is 387 g/mol. The number of benzene rings is 1. The van der Waals surface area contributed by atoms with Crippen molar-refractivity contribution in [2.45, 2.75) is 57.8 Å². The molecule has 0 spiro atoms. The van der Waals surface area contributed by atoms with Gasteiger partial charge in [0.1, 0.15) is 0 Å². The van der Waals surface area contributed by atoms with Crippen LogP contribution >= 0.6 is 35.0 Å². The van der Waals surface area contributed by atoms with Crippen LogP contribution in [-0.2, 0) is 9.59 Å². The van der Waals surface area contributed by atoms with E-state index in [4.69, 9.17) is 23.2 Å². The SMILES string of the molecule is CC(C)(C)C(=O)Sc1cc(Cl)c(Cl)cc1NC(=O)C1CCCCC1. The largest absolute Gasteiger partial charge is 0.325 e. The number of amides is 1. The number of hydrogen-bond acceptors (Lipinski definition) is 3. The van der Waals surface area contributed by atoms with Crippen LogP contribution in [0, 0.1) is 11.3 Å². The molecule has 3 nitrogen and oxygen atoms in total. The number of rotatable bonds is 3. The molecule has 24 heavy (non-hydrogen) atoms. The van der Waals surface area contributed by atoms with E-state index >= 15 is 0 Å². The molecule has 6 heteroatoms. The maximum Gasteiger partial charge on any atom is 0.227 e. The first-order valence-electron chi connectivity index (χ1n) is 8.20. The number of anilines is 1. The molecule has 1 fully saturated rings. The Balaban J connectivity index is 2.22. The van der Waals surface area contributed by atoms with Gasteiger partial charge in [0.05, 0.1) is 15.7 Å². The Hall–Kier alpha value is -0.710. The van der Waals surface area contributed by atoms with Crippen LogP contribution in [0.1, 0.15) is 52.9 Å². The van der Waals surface area contributed by atoms with Crippen LogP contribution in [0.5, 0.6) is 0 Å². The third-order valence-electron chi connectivity index (χ3n) is 4.07. The Morgan fingerprint density at radius 3 is 2.25 bits per heavy atom. The molecule has 0 unspecified atom stereocenters. The number of carbonyl (C=O) groups is 2. The van der Waals surface area contributed by atoms with Crippen LogP contribution in [0.4, 0.5) is 5.69 Å². The van der Waals surface area contributed by atoms with Crippen LogP contribution in [0.3, 0.4) is 0 Å². The molecular weight excluding hydrogens is 365 g/mol. The molecule has 1 aliphatic carbocycles. The highest BCUT2D eigenvalue weighted by Gasteiger charge is 2.26. The first-order valence-corrected chi connectivity index (χ1v) is 9.78. The molecular formula is C18H23Cl2NO2S. The van der Waals surface area contributed by atoms with Crippen molar-refractivity contribution in [3.05, 3.63) is 22.2 Å². The van der Waals surface area contributed by atoms with Crippen molar-refractivity contribution in [3.8, 4) is 0 Å². The molecule has 132 valence electrons. The summed E-state index contributed by atoms with van der Waals surface area (Å²) in [5.74, 6) is 0.0301. The van der Waals surface area contributed by atoms with Crippen LogP contribution in [0.15, 0.2) is 17.0 Å². The Kier molecular flexibility index (Phi) is 6.63. The molecule has 1 aromatic carbocycles. The van der Waals surface area contributed by atoms with Crippen molar-refractivity contribution in [2.75, 3.05) is 5.32 Å². The van der Waals surface area contributed by atoms with Gasteiger partial charge in [-0.15, -0.1) is 0 Å². The molecule has 0 aliphatic heterocycles. The smallest absolute Gasteiger partial charge is 0.227 e. The van der Waals surface area contributed by atoms with Crippen molar-refractivity contribution < 1.29 is 9.59 Å². The molecule has 0 aromatic heterocycles. The molecule has 1 aromatic rings. The normalized spacial score (nSPS) is 16.0. The highest BCUT2D eigenvalue weighted by Crippen LogP contribution is 2.39. The lowest BCUT2D eigenvalue weighted by Gasteiger charge is -2.22. The number of halogens is 2. The molecule has 1 aliphatic rings. The average molecular weight is 388 g/mol. The number of hydrogen-bond donors (Lipinski definition) is 1. The lowest BCUT2D eigenvalue weighted by atomic mass is 9.88. The predicted molar refractivity (Wildman–Crippen MR) is 102 cm³/mol. The number of carbonyl (C=O) groups excluding carboxylic acids is 2. The minimum atomic E-state index is -0.485. The number of thioether (sulfide) groups is 1. The third kappa shape index (κ3) is 5.14. The fourth-order valence-corrected chi connectivity index (χ4v) is 3.86. The summed E-state index contributed by atoms with van der Waals surface area (Å²) in [5.41, 5.74) is 0.0732. The van der Waals surface area contributed by atoms with Crippen LogP contribution < -0.4 is 5.32 Å². The molecule has 0 bridgehead atoms. The van der Waals surface area contributed by atoms with E-state index in [1.54, 1.807) is 12.1 Å². The Labute approximate surface area is 157 Å². The van der Waals surface area contributed by atoms with Gasteiger partial charge in [0, 0.05) is 16.2 Å². The summed E-state index contributed by atoms with van der Waals surface area (Å²) in [4.78, 5) is 25.5. The van der Waals surface area contributed by atoms with Crippen molar-refractivity contribution in [3.63, 3.8) is 0 Å². The van der Waals surface area contributed by atoms with E-state index in [2.05, 4.69) is 5.32 Å². The van der Waals surface area contributed by atoms with Crippen LogP contribution in [0.25, 0.3) is 0 Å². The van der Waals surface area contributed by atoms with E-state index in [0.29, 0.717) is 20.6 Å². The van der Waals surface area contributed by atoms with Crippen molar-refractivity contribution in [2.24, 2.45) is 11.3 Å². The molecule has 1 saturated carbocycles. The number of nitrogens with one attached hydrogen (secondary N) is 1. The molecule has 1 amide bonds. The van der Waals surface area contributed by atoms with Gasteiger partial charge in [0.15, 0.2) is 5.12 Å². The van der Waals surface area contributed by atoms with Gasteiger partial charge in [-0.05, 0) is 36.7 Å². The van der Waals surface area contributed by atoms with Gasteiger partial charge in [-0.3, -0.25) is 9.59 Å². The predicted octanol–water partition coefficient (Wildman–Crippen LogP) is 6.18. The lowest BCUT2D eigenvalue weighted by molar-refractivity contribution is -0.120. The summed E-state index contributed by atoms with van der Waals surface area (Å²) in [7, 11) is 0. The molecule has 1 N–H and O–H groups in total. The fraction of sp³-hybridized carbons (Fsp3) is 0.556. The zero-order valence-electron chi connectivity index (χ0n) is 14.2. The highest BCUT2D eigenvalue weighted by atomic mass is 35.5. The van der Waals surface area contributed by atoms with Gasteiger partial charge >= 0.3 is 0 Å². The zero-order chi connectivity index (χ0) is 17.9. The Morgan fingerprint density at radius 1 is 1.08 bits per heavy atom. The van der Waals surface area contributed by atoms with Gasteiger partial charge in [-0.25, -0.2) is 0 Å². The molecule has 0 atom stereocenters. The minimum Gasteiger partial charge on any atom is -0.325 e. The van der Waals surface area contributed by atoms with Crippen LogP contribution in [0.2, 0.25) is 10.0 Å². The Morgan fingerprint density at radius 2 is 1.67 bits per heavy atom. The summed E-state index contributed by atoms with van der Waals surface area (Å²) in [6, 6.07) is 3.28. The second-order valence-electron chi connectivity index (χ2n) is 7.23. The van der Waals surface area contributed by atoms with E-state index in [1.165, 1.54) is 6.42 Å². The zero-order valence-corrected chi connectivity index (χ0v) is 16.6. The van der Waals surface area contributed by atoms with E-state index < -0.39 is 5.41 Å². The Bertz CT molecular complexity index is 635. The van der Waals surface area contributed by atoms with E-state index in [1.807, 2.05) is 20.8 Å². The fourth-order valence-electron chi connectivity index (χ4n) is 2.56. The molecule has 0 heterocycles. The standard InChI is InChI=1S/C18H23Cl2NO2S/c1-18(2,3)17(23)24-15-10-13(20)12(19)9-14(15)21-16(22)11-7-5-4-6-8-11/h9-11H,4-8H2,1-3H3,(H,21,22). The molecule has 2 rings (SSSR count). The summed E-state index contributed by atoms with van der Waals surface area (Å²) in [6.45, 7) is 5.58. The second kappa shape index (κ2) is 8.11. The van der Waals surface area contributed by atoms with Crippen molar-refractivity contribution >= 4 is 51.7 Å². The van der Waals surface area contributed by atoms with Gasteiger partial charge in [-0.2, -0.15) is 0 Å². The topological polar surface area (TPSA) is 46.2 Å². The van der Waals surface area contributed by atoms with Gasteiger partial charge in [0.2, 0.25) is 5.91 Å². The van der Waals surface area contributed by atoms with E-state index in [0.717, 1.165) is 37.4 Å². The summed E-state index contributed by atoms with van der Waals surface area (Å²) >= 11 is 13.3. The minimum absolute atomic E-state index is 0.00172. The van der Waals surface area contributed by atoms with Gasteiger partial charge in [0.25, 0.3) is 0 Å². The van der Waals surface area contributed by atoms with Gasteiger partial charge < -0.3 is 5.32 Å². The van der Waals surface area contributed by atoms with E-state index in [9.17, 15) is 9.59 Å². The molecule has 0 radical (unpaired) electrons. The third-order valence-corrected chi connectivity index (χ3v) is 6.15. The maximum absolute atomic E-state index is 12.5. The lowest BCUT2D eigenvalue weighted by Crippen LogP contribution is -2.25. The maximum atomic E-state index is 12.5. The van der Waals surface area contributed by atoms with Crippen molar-refractivity contribution in [1.29, 1.82) is 0 Å². The highest BCUT2D eigenvalue weighted by molar-refractivity contribution is 8.13. The second-order valence-corrected chi connectivity index (χ2v) is 9.06. The summed E-state index contributed by atoms with van der Waals surface area (Å²) in [6.07, 6.45) is 5.19. The average Bonchev–Trinajstić information content (AvgIpc) is 2.52. The van der Waals surface area contributed by atoms with Gasteiger partial charge in [-0.1, -0.05) is 63.2 Å². The molecule has 0 saturated heterocycles. The summed E-state index contributed by atoms with van der Waals surface area (Å²) in [5, 5.41) is 3.69. The van der Waals surface area contributed by atoms with Crippen molar-refractivity contribution in [1.82, 2.24) is 0 Å². The van der Waals surface area contributed by atoms with Crippen LogP contribution in [-0.4, -0.2) is 11.0 Å². The first kappa shape index (κ1) is 19.6. The quantitative estimate of drug-likeness (QED) is 0.629. The summed E-state index contributed by atoms with van der Waals surface area (Å²) < 4.78 is 0. The van der Waals surface area contributed by atoms with E-state index in [-0.39, 0.29) is 16.9 Å².